The Balaban J connectivity index is 1.88. The number of anilines is 3. The maximum atomic E-state index is 10.8. The quantitative estimate of drug-likeness (QED) is 0.618. The number of thiazole rings is 1. The van der Waals surface area contributed by atoms with Crippen molar-refractivity contribution in [2.24, 2.45) is 5.18 Å². The fraction of sp³-hybridized carbons (Fsp3) is 0.235. The zero-order valence-corrected chi connectivity index (χ0v) is 15.0. The molecule has 2 heterocycles. The van der Waals surface area contributed by atoms with E-state index < -0.39 is 0 Å². The highest BCUT2D eigenvalue weighted by molar-refractivity contribution is 7.19. The summed E-state index contributed by atoms with van der Waals surface area (Å²) in [6.45, 7) is 6.66. The summed E-state index contributed by atoms with van der Waals surface area (Å²) < 4.78 is 0. The second kappa shape index (κ2) is 7.35. The predicted molar refractivity (Wildman–Crippen MR) is 102 cm³/mol. The number of rotatable bonds is 6. The molecule has 0 unspecified atom stereocenters. The number of nitroso groups, excluding NO2 is 1. The smallest absolute Gasteiger partial charge is 0.227 e. The number of nitrogens with one attached hydrogen (secondary N) is 2. The Morgan fingerprint density at radius 3 is 2.80 bits per heavy atom. The fourth-order valence-electron chi connectivity index (χ4n) is 2.32. The van der Waals surface area contributed by atoms with Crippen LogP contribution in [0.25, 0.3) is 10.6 Å². The van der Waals surface area contributed by atoms with Crippen molar-refractivity contribution in [3.8, 4) is 10.6 Å². The van der Waals surface area contributed by atoms with Gasteiger partial charge in [-0.15, -0.1) is 4.91 Å². The zero-order chi connectivity index (χ0) is 17.8. The van der Waals surface area contributed by atoms with E-state index in [1.165, 1.54) is 0 Å². The summed E-state index contributed by atoms with van der Waals surface area (Å²) in [6, 6.07) is 7.23. The van der Waals surface area contributed by atoms with Gasteiger partial charge in [-0.25, -0.2) is 15.0 Å². The molecule has 2 N–H and O–H groups in total. The second-order valence-electron chi connectivity index (χ2n) is 5.45. The number of aromatic nitrogens is 3. The van der Waals surface area contributed by atoms with Crippen LogP contribution in [0.15, 0.2) is 35.6 Å². The molecule has 0 radical (unpaired) electrons. The average Bonchev–Trinajstić information content (AvgIpc) is 2.98. The summed E-state index contributed by atoms with van der Waals surface area (Å²) in [5.41, 5.74) is 3.67. The van der Waals surface area contributed by atoms with Crippen molar-refractivity contribution in [1.82, 2.24) is 15.0 Å². The Labute approximate surface area is 149 Å². The molecule has 0 atom stereocenters. The molecule has 1 aromatic carbocycles. The summed E-state index contributed by atoms with van der Waals surface area (Å²) in [7, 11) is 0. The molecule has 25 heavy (non-hydrogen) atoms. The van der Waals surface area contributed by atoms with Crippen molar-refractivity contribution in [3.63, 3.8) is 0 Å². The van der Waals surface area contributed by atoms with Crippen molar-refractivity contribution in [3.05, 3.63) is 46.6 Å². The molecule has 8 heteroatoms. The van der Waals surface area contributed by atoms with E-state index >= 15 is 0 Å². The van der Waals surface area contributed by atoms with Gasteiger partial charge in [-0.2, -0.15) is 0 Å². The third-order valence-electron chi connectivity index (χ3n) is 3.58. The second-order valence-corrected chi connectivity index (χ2v) is 6.45. The van der Waals surface area contributed by atoms with Crippen molar-refractivity contribution in [1.29, 1.82) is 0 Å². The molecule has 0 aliphatic heterocycles. The number of benzene rings is 1. The van der Waals surface area contributed by atoms with Crippen LogP contribution < -0.4 is 10.6 Å². The van der Waals surface area contributed by atoms with Crippen molar-refractivity contribution >= 4 is 33.8 Å². The molecule has 0 spiro atoms. The van der Waals surface area contributed by atoms with E-state index in [0.717, 1.165) is 33.5 Å². The molecule has 0 amide bonds. The molecule has 3 aromatic rings. The van der Waals surface area contributed by atoms with E-state index in [9.17, 15) is 4.91 Å². The van der Waals surface area contributed by atoms with Gasteiger partial charge in [-0.05, 0) is 49.7 Å². The topological polar surface area (TPSA) is 92.2 Å². The van der Waals surface area contributed by atoms with Gasteiger partial charge in [-0.1, -0.05) is 17.4 Å². The van der Waals surface area contributed by atoms with E-state index in [1.807, 2.05) is 39.0 Å². The van der Waals surface area contributed by atoms with Gasteiger partial charge in [0.2, 0.25) is 5.95 Å². The van der Waals surface area contributed by atoms with Gasteiger partial charge in [0, 0.05) is 18.4 Å². The Kier molecular flexibility index (Phi) is 4.99. The Morgan fingerprint density at radius 2 is 2.04 bits per heavy atom. The number of hydrogen-bond donors (Lipinski definition) is 2. The summed E-state index contributed by atoms with van der Waals surface area (Å²) in [4.78, 5) is 25.2. The molecule has 0 saturated heterocycles. The number of nitrogens with zero attached hydrogens (tertiary/aromatic N) is 4. The van der Waals surface area contributed by atoms with Gasteiger partial charge < -0.3 is 10.6 Å². The molecule has 0 aliphatic carbocycles. The Hall–Kier alpha value is -2.87. The molecule has 7 nitrogen and oxygen atoms in total. The number of aryl methyl sites for hydroxylation is 2. The van der Waals surface area contributed by atoms with Gasteiger partial charge >= 0.3 is 0 Å². The maximum Gasteiger partial charge on any atom is 0.227 e. The van der Waals surface area contributed by atoms with Crippen LogP contribution in [0.4, 0.5) is 22.5 Å². The summed E-state index contributed by atoms with van der Waals surface area (Å²) in [6.07, 6.45) is 1.70. The SMILES string of the molecule is CCNc1nc(C)c(-c2ccnc(Nc3ccc(C)c(N=O)c3)n2)s1. The molecular formula is C17H18N6OS. The first kappa shape index (κ1) is 17.0. The lowest BCUT2D eigenvalue weighted by molar-refractivity contribution is 1.15. The molecule has 0 bridgehead atoms. The summed E-state index contributed by atoms with van der Waals surface area (Å²) in [5.74, 6) is 0.455. The van der Waals surface area contributed by atoms with Crippen LogP contribution in [0.1, 0.15) is 18.2 Å². The Bertz CT molecular complexity index is 908. The maximum absolute atomic E-state index is 10.8. The van der Waals surface area contributed by atoms with Crippen LogP contribution in [-0.4, -0.2) is 21.5 Å². The summed E-state index contributed by atoms with van der Waals surface area (Å²) in [5, 5.41) is 10.2. The van der Waals surface area contributed by atoms with Crippen LogP contribution in [0.3, 0.4) is 0 Å². The minimum atomic E-state index is 0.398. The monoisotopic (exact) mass is 354 g/mol. The van der Waals surface area contributed by atoms with Gasteiger partial charge in [0.05, 0.1) is 16.3 Å². The first-order valence-electron chi connectivity index (χ1n) is 7.86. The molecule has 0 fully saturated rings. The minimum Gasteiger partial charge on any atom is -0.362 e. The highest BCUT2D eigenvalue weighted by Gasteiger charge is 2.12. The first-order valence-corrected chi connectivity index (χ1v) is 8.68. The standard InChI is InChI=1S/C17H18N6OS/c1-4-18-17-20-11(3)15(25-17)13-7-8-19-16(22-13)21-12-6-5-10(2)14(9-12)23-24/h5-9H,4H2,1-3H3,(H,18,20)(H,19,21,22). The highest BCUT2D eigenvalue weighted by atomic mass is 32.1. The van der Waals surface area contributed by atoms with Gasteiger partial charge in [-0.3, -0.25) is 0 Å². The van der Waals surface area contributed by atoms with E-state index in [-0.39, 0.29) is 0 Å². The Morgan fingerprint density at radius 1 is 1.20 bits per heavy atom. The van der Waals surface area contributed by atoms with Gasteiger partial charge in [0.1, 0.15) is 5.69 Å². The summed E-state index contributed by atoms with van der Waals surface area (Å²) >= 11 is 1.56. The lowest BCUT2D eigenvalue weighted by atomic mass is 10.2. The fourth-order valence-corrected chi connectivity index (χ4v) is 3.32. The van der Waals surface area contributed by atoms with Crippen LogP contribution >= 0.6 is 11.3 Å². The number of hydrogen-bond acceptors (Lipinski definition) is 8. The third-order valence-corrected chi connectivity index (χ3v) is 4.71. The van der Waals surface area contributed by atoms with E-state index in [1.54, 1.807) is 23.6 Å². The van der Waals surface area contributed by atoms with Crippen LogP contribution in [-0.2, 0) is 0 Å². The normalized spacial score (nSPS) is 10.5. The van der Waals surface area contributed by atoms with Crippen LogP contribution in [0, 0.1) is 18.8 Å². The largest absolute Gasteiger partial charge is 0.362 e. The van der Waals surface area contributed by atoms with E-state index in [2.05, 4.69) is 30.8 Å². The predicted octanol–water partition coefficient (Wildman–Crippen LogP) is 4.79. The molecular weight excluding hydrogens is 336 g/mol. The lowest BCUT2D eigenvalue weighted by Crippen LogP contribution is -1.98. The van der Waals surface area contributed by atoms with Crippen LogP contribution in [0.2, 0.25) is 0 Å². The molecule has 0 saturated carbocycles. The first-order chi connectivity index (χ1) is 12.1. The zero-order valence-electron chi connectivity index (χ0n) is 14.2. The molecule has 0 aliphatic rings. The van der Waals surface area contributed by atoms with E-state index in [4.69, 9.17) is 0 Å². The van der Waals surface area contributed by atoms with Crippen molar-refractivity contribution < 1.29 is 0 Å². The van der Waals surface area contributed by atoms with Crippen LogP contribution in [0.5, 0.6) is 0 Å². The van der Waals surface area contributed by atoms with Gasteiger partial charge in [0.25, 0.3) is 0 Å². The van der Waals surface area contributed by atoms with Crippen molar-refractivity contribution in [2.45, 2.75) is 20.8 Å². The highest BCUT2D eigenvalue weighted by Crippen LogP contribution is 2.32. The molecule has 128 valence electrons. The average molecular weight is 354 g/mol. The van der Waals surface area contributed by atoms with Gasteiger partial charge in [0.15, 0.2) is 5.13 Å². The van der Waals surface area contributed by atoms with E-state index in [0.29, 0.717) is 17.3 Å². The lowest BCUT2D eigenvalue weighted by Gasteiger charge is -2.07. The van der Waals surface area contributed by atoms with Crippen molar-refractivity contribution in [2.75, 3.05) is 17.2 Å². The molecule has 3 rings (SSSR count). The molecule has 2 aromatic heterocycles. The third kappa shape index (κ3) is 3.80. The minimum absolute atomic E-state index is 0.398.